The summed E-state index contributed by atoms with van der Waals surface area (Å²) in [6.07, 6.45) is -0.0912. The van der Waals surface area contributed by atoms with Gasteiger partial charge in [-0.15, -0.1) is 0 Å². The number of para-hydroxylation sites is 2. The van der Waals surface area contributed by atoms with Gasteiger partial charge in [-0.3, -0.25) is 4.79 Å². The molecule has 1 aliphatic rings. The molecular weight excluding hydrogens is 294 g/mol. The summed E-state index contributed by atoms with van der Waals surface area (Å²) in [4.78, 5) is 12.3. The molecule has 1 amide bonds. The van der Waals surface area contributed by atoms with Crippen molar-refractivity contribution in [2.24, 2.45) is 0 Å². The Bertz CT molecular complexity index is 714. The van der Waals surface area contributed by atoms with Crippen LogP contribution in [0.3, 0.4) is 0 Å². The van der Waals surface area contributed by atoms with Crippen molar-refractivity contribution < 1.29 is 19.0 Å². The van der Waals surface area contributed by atoms with E-state index in [4.69, 9.17) is 14.2 Å². The minimum Gasteiger partial charge on any atom is -0.495 e. The topological polar surface area (TPSA) is 56.8 Å². The van der Waals surface area contributed by atoms with Crippen LogP contribution in [0.15, 0.2) is 42.5 Å². The number of methoxy groups -OCH3 is 1. The number of amides is 1. The number of aryl methyl sites for hydroxylation is 1. The number of anilines is 1. The van der Waals surface area contributed by atoms with Crippen LogP contribution in [-0.2, 0) is 4.79 Å². The van der Waals surface area contributed by atoms with Crippen molar-refractivity contribution in [3.8, 4) is 17.2 Å². The van der Waals surface area contributed by atoms with Crippen molar-refractivity contribution in [2.75, 3.05) is 19.0 Å². The van der Waals surface area contributed by atoms with Crippen LogP contribution in [0.5, 0.6) is 17.2 Å². The standard InChI is InChI=1S/C18H19NO4/c1-12-7-8-15(21-2)14(9-12)19-18(20)10-13-11-22-16-5-3-4-6-17(16)23-13/h3-9,13H,10-11H2,1-2H3,(H,19,20)/t13-/m1/s1. The summed E-state index contributed by atoms with van der Waals surface area (Å²) in [6.45, 7) is 2.32. The van der Waals surface area contributed by atoms with Gasteiger partial charge in [-0.1, -0.05) is 18.2 Å². The van der Waals surface area contributed by atoms with Crippen LogP contribution < -0.4 is 19.5 Å². The highest BCUT2D eigenvalue weighted by atomic mass is 16.6. The summed E-state index contributed by atoms with van der Waals surface area (Å²) in [5.41, 5.74) is 1.71. The number of ether oxygens (including phenoxy) is 3. The number of benzene rings is 2. The van der Waals surface area contributed by atoms with Crippen LogP contribution in [0.4, 0.5) is 5.69 Å². The van der Waals surface area contributed by atoms with Crippen molar-refractivity contribution in [1.29, 1.82) is 0 Å². The van der Waals surface area contributed by atoms with Gasteiger partial charge in [0.25, 0.3) is 0 Å². The molecule has 2 aromatic rings. The molecule has 0 bridgehead atoms. The second kappa shape index (κ2) is 6.60. The zero-order valence-corrected chi connectivity index (χ0v) is 13.2. The van der Waals surface area contributed by atoms with Crippen LogP contribution in [0.2, 0.25) is 0 Å². The fourth-order valence-electron chi connectivity index (χ4n) is 2.49. The first-order valence-electron chi connectivity index (χ1n) is 7.48. The lowest BCUT2D eigenvalue weighted by molar-refractivity contribution is -0.118. The molecule has 0 aromatic heterocycles. The fraction of sp³-hybridized carbons (Fsp3) is 0.278. The smallest absolute Gasteiger partial charge is 0.228 e. The molecule has 0 radical (unpaired) electrons. The molecule has 1 N–H and O–H groups in total. The van der Waals surface area contributed by atoms with Crippen LogP contribution in [0.1, 0.15) is 12.0 Å². The quantitative estimate of drug-likeness (QED) is 0.942. The highest BCUT2D eigenvalue weighted by molar-refractivity contribution is 5.92. The first-order chi connectivity index (χ1) is 11.2. The highest BCUT2D eigenvalue weighted by Gasteiger charge is 2.23. The lowest BCUT2D eigenvalue weighted by Gasteiger charge is -2.26. The molecule has 23 heavy (non-hydrogen) atoms. The third-order valence-corrected chi connectivity index (χ3v) is 3.61. The maximum absolute atomic E-state index is 12.3. The van der Waals surface area contributed by atoms with Crippen molar-refractivity contribution >= 4 is 11.6 Å². The molecule has 0 saturated carbocycles. The van der Waals surface area contributed by atoms with Gasteiger partial charge in [-0.05, 0) is 36.8 Å². The molecule has 2 aromatic carbocycles. The Hall–Kier alpha value is -2.69. The van der Waals surface area contributed by atoms with E-state index < -0.39 is 0 Å². The molecular formula is C18H19NO4. The molecule has 0 aliphatic carbocycles. The minimum atomic E-state index is -0.305. The molecule has 1 heterocycles. The van der Waals surface area contributed by atoms with Gasteiger partial charge in [-0.25, -0.2) is 0 Å². The van der Waals surface area contributed by atoms with Crippen LogP contribution in [0, 0.1) is 6.92 Å². The number of hydrogen-bond donors (Lipinski definition) is 1. The maximum atomic E-state index is 12.3. The third-order valence-electron chi connectivity index (χ3n) is 3.61. The van der Waals surface area contributed by atoms with Gasteiger partial charge in [0, 0.05) is 0 Å². The molecule has 1 atom stereocenters. The van der Waals surface area contributed by atoms with Crippen LogP contribution in [0.25, 0.3) is 0 Å². The molecule has 5 nitrogen and oxygen atoms in total. The van der Waals surface area contributed by atoms with E-state index >= 15 is 0 Å². The second-order valence-electron chi connectivity index (χ2n) is 5.45. The minimum absolute atomic E-state index is 0.137. The molecule has 0 spiro atoms. The number of rotatable bonds is 4. The van der Waals surface area contributed by atoms with Gasteiger partial charge in [0.15, 0.2) is 11.5 Å². The number of hydrogen-bond acceptors (Lipinski definition) is 4. The largest absolute Gasteiger partial charge is 0.495 e. The number of carbonyl (C=O) groups is 1. The Balaban J connectivity index is 1.63. The summed E-state index contributed by atoms with van der Waals surface area (Å²) in [5, 5.41) is 2.87. The molecule has 0 unspecified atom stereocenters. The normalized spacial score (nSPS) is 15.8. The average molecular weight is 313 g/mol. The van der Waals surface area contributed by atoms with Gasteiger partial charge >= 0.3 is 0 Å². The predicted molar refractivity (Wildman–Crippen MR) is 87.3 cm³/mol. The molecule has 3 rings (SSSR count). The summed E-state index contributed by atoms with van der Waals surface area (Å²) in [5.74, 6) is 1.88. The second-order valence-corrected chi connectivity index (χ2v) is 5.45. The summed E-state index contributed by atoms with van der Waals surface area (Å²) in [7, 11) is 1.58. The average Bonchev–Trinajstić information content (AvgIpc) is 2.55. The fourth-order valence-corrected chi connectivity index (χ4v) is 2.49. The SMILES string of the molecule is COc1ccc(C)cc1NC(=O)C[C@@H]1COc2ccccc2O1. The lowest BCUT2D eigenvalue weighted by Crippen LogP contribution is -2.33. The molecule has 120 valence electrons. The van der Waals surface area contributed by atoms with E-state index in [1.807, 2.05) is 49.4 Å². The molecule has 5 heteroatoms. The summed E-state index contributed by atoms with van der Waals surface area (Å²) < 4.78 is 16.7. The Morgan fingerprint density at radius 3 is 2.83 bits per heavy atom. The third kappa shape index (κ3) is 3.56. The van der Waals surface area contributed by atoms with Gasteiger partial charge < -0.3 is 19.5 Å². The van der Waals surface area contributed by atoms with E-state index in [-0.39, 0.29) is 18.4 Å². The zero-order chi connectivity index (χ0) is 16.2. The van der Waals surface area contributed by atoms with Crippen molar-refractivity contribution in [3.05, 3.63) is 48.0 Å². The van der Waals surface area contributed by atoms with Gasteiger partial charge in [-0.2, -0.15) is 0 Å². The van der Waals surface area contributed by atoms with Crippen molar-refractivity contribution in [3.63, 3.8) is 0 Å². The summed E-state index contributed by atoms with van der Waals surface area (Å²) in [6, 6.07) is 13.1. The zero-order valence-electron chi connectivity index (χ0n) is 13.2. The van der Waals surface area contributed by atoms with E-state index in [2.05, 4.69) is 5.32 Å². The van der Waals surface area contributed by atoms with Crippen molar-refractivity contribution in [2.45, 2.75) is 19.4 Å². The lowest BCUT2D eigenvalue weighted by atomic mass is 10.2. The van der Waals surface area contributed by atoms with Crippen LogP contribution >= 0.6 is 0 Å². The van der Waals surface area contributed by atoms with Gasteiger partial charge in [0.2, 0.25) is 5.91 Å². The predicted octanol–water partition coefficient (Wildman–Crippen LogP) is 3.17. The Kier molecular flexibility index (Phi) is 4.37. The monoisotopic (exact) mass is 313 g/mol. The van der Waals surface area contributed by atoms with Crippen LogP contribution in [-0.4, -0.2) is 25.7 Å². The first-order valence-corrected chi connectivity index (χ1v) is 7.48. The molecule has 0 fully saturated rings. The number of nitrogens with one attached hydrogen (secondary N) is 1. The van der Waals surface area contributed by atoms with Crippen molar-refractivity contribution in [1.82, 2.24) is 0 Å². The van der Waals surface area contributed by atoms with E-state index in [0.717, 1.165) is 5.56 Å². The molecule has 1 aliphatic heterocycles. The van der Waals surface area contributed by atoms with E-state index in [1.165, 1.54) is 0 Å². The van der Waals surface area contributed by atoms with E-state index in [0.29, 0.717) is 29.5 Å². The first kappa shape index (κ1) is 15.2. The Labute approximate surface area is 135 Å². The van der Waals surface area contributed by atoms with E-state index in [9.17, 15) is 4.79 Å². The van der Waals surface area contributed by atoms with Gasteiger partial charge in [0.1, 0.15) is 18.5 Å². The number of carbonyl (C=O) groups excluding carboxylic acids is 1. The van der Waals surface area contributed by atoms with Gasteiger partial charge in [0.05, 0.1) is 19.2 Å². The Morgan fingerprint density at radius 1 is 1.26 bits per heavy atom. The number of fused-ring (bicyclic) bond motifs is 1. The Morgan fingerprint density at radius 2 is 2.04 bits per heavy atom. The maximum Gasteiger partial charge on any atom is 0.228 e. The van der Waals surface area contributed by atoms with E-state index in [1.54, 1.807) is 7.11 Å². The highest BCUT2D eigenvalue weighted by Crippen LogP contribution is 2.32. The summed E-state index contributed by atoms with van der Waals surface area (Å²) >= 11 is 0. The molecule has 0 saturated heterocycles.